The molecule has 0 radical (unpaired) electrons. The van der Waals surface area contributed by atoms with Gasteiger partial charge in [0.25, 0.3) is 0 Å². The molecule has 10 heteroatoms. The number of aromatic nitrogens is 3. The van der Waals surface area contributed by atoms with Gasteiger partial charge in [0, 0.05) is 12.6 Å². The molecule has 0 saturated carbocycles. The zero-order chi connectivity index (χ0) is 25.3. The van der Waals surface area contributed by atoms with Gasteiger partial charge in [-0.3, -0.25) is 9.79 Å². The molecule has 0 bridgehead atoms. The molecule has 4 rings (SSSR count). The first-order valence-corrected chi connectivity index (χ1v) is 11.4. The van der Waals surface area contributed by atoms with Crippen molar-refractivity contribution in [2.45, 2.75) is 58.8 Å². The van der Waals surface area contributed by atoms with Crippen molar-refractivity contribution in [1.29, 1.82) is 0 Å². The van der Waals surface area contributed by atoms with Crippen LogP contribution in [-0.4, -0.2) is 32.7 Å². The van der Waals surface area contributed by atoms with Crippen molar-refractivity contribution in [2.24, 2.45) is 4.99 Å². The Morgan fingerprint density at radius 3 is 2.60 bits per heavy atom. The molecule has 1 aliphatic rings. The van der Waals surface area contributed by atoms with E-state index < -0.39 is 17.6 Å². The molecule has 3 aromatic rings. The lowest BCUT2D eigenvalue weighted by Crippen LogP contribution is -2.23. The van der Waals surface area contributed by atoms with E-state index in [-0.39, 0.29) is 29.6 Å². The van der Waals surface area contributed by atoms with E-state index in [1.807, 2.05) is 38.1 Å². The zero-order valence-corrected chi connectivity index (χ0v) is 19.9. The predicted octanol–water partition coefficient (Wildman–Crippen LogP) is 5.37. The second-order valence-electron chi connectivity index (χ2n) is 9.12. The van der Waals surface area contributed by atoms with Crippen LogP contribution in [0.2, 0.25) is 0 Å². The molecule has 7 nitrogen and oxygen atoms in total. The maximum absolute atomic E-state index is 13.7. The van der Waals surface area contributed by atoms with Crippen LogP contribution < -0.4 is 10.6 Å². The minimum atomic E-state index is -4.54. The number of alkyl halides is 3. The number of amides is 1. The number of fused-ring (bicyclic) bond motifs is 1. The van der Waals surface area contributed by atoms with Gasteiger partial charge >= 0.3 is 6.18 Å². The summed E-state index contributed by atoms with van der Waals surface area (Å²) in [5, 5.41) is 14.1. The van der Waals surface area contributed by atoms with Crippen LogP contribution in [0.3, 0.4) is 0 Å². The molecule has 2 aromatic carbocycles. The summed E-state index contributed by atoms with van der Waals surface area (Å²) in [4.78, 5) is 17.3. The minimum absolute atomic E-state index is 0.0520. The van der Waals surface area contributed by atoms with Crippen molar-refractivity contribution in [3.8, 4) is 5.69 Å². The monoisotopic (exact) mass is 484 g/mol. The van der Waals surface area contributed by atoms with Crippen molar-refractivity contribution < 1.29 is 18.0 Å². The minimum Gasteiger partial charge on any atom is -0.324 e. The molecule has 35 heavy (non-hydrogen) atoms. The first-order chi connectivity index (χ1) is 16.5. The molecule has 1 aliphatic heterocycles. The molecule has 0 atom stereocenters. The number of hydrogen-bond donors (Lipinski definition) is 2. The van der Waals surface area contributed by atoms with Gasteiger partial charge in [-0.15, -0.1) is 5.10 Å². The predicted molar refractivity (Wildman–Crippen MR) is 128 cm³/mol. The summed E-state index contributed by atoms with van der Waals surface area (Å²) >= 11 is 0. The summed E-state index contributed by atoms with van der Waals surface area (Å²) in [5.41, 5.74) is 2.46. The Hall–Kier alpha value is -3.53. The summed E-state index contributed by atoms with van der Waals surface area (Å²) in [6.45, 7) is 8.06. The number of nitrogens with zero attached hydrogens (tertiary/aromatic N) is 4. The van der Waals surface area contributed by atoms with Crippen LogP contribution >= 0.6 is 0 Å². The van der Waals surface area contributed by atoms with Crippen molar-refractivity contribution in [3.05, 3.63) is 65.0 Å². The summed E-state index contributed by atoms with van der Waals surface area (Å²) in [5.74, 6) is -0.802. The summed E-state index contributed by atoms with van der Waals surface area (Å²) < 4.78 is 42.7. The maximum Gasteiger partial charge on any atom is 0.416 e. The second kappa shape index (κ2) is 9.61. The van der Waals surface area contributed by atoms with Crippen LogP contribution in [0.15, 0.2) is 47.6 Å². The van der Waals surface area contributed by atoms with Crippen molar-refractivity contribution in [2.75, 3.05) is 5.32 Å². The van der Waals surface area contributed by atoms with E-state index >= 15 is 0 Å². The molecule has 1 aromatic heterocycles. The first-order valence-electron chi connectivity index (χ1n) is 11.4. The van der Waals surface area contributed by atoms with Crippen LogP contribution in [0, 0.1) is 0 Å². The van der Waals surface area contributed by atoms with Crippen LogP contribution in [0.1, 0.15) is 62.4 Å². The van der Waals surface area contributed by atoms with Crippen LogP contribution in [0.25, 0.3) is 5.69 Å². The lowest BCUT2D eigenvalue weighted by molar-refractivity contribution is -0.138. The molecule has 2 heterocycles. The van der Waals surface area contributed by atoms with Crippen LogP contribution in [-0.2, 0) is 17.5 Å². The lowest BCUT2D eigenvalue weighted by Gasteiger charge is -2.18. The van der Waals surface area contributed by atoms with E-state index in [1.165, 1.54) is 6.07 Å². The molecule has 0 spiro atoms. The average molecular weight is 485 g/mol. The van der Waals surface area contributed by atoms with E-state index in [0.717, 1.165) is 17.4 Å². The molecule has 0 unspecified atom stereocenters. The fraction of sp³-hybridized carbons (Fsp3) is 0.360. The van der Waals surface area contributed by atoms with Gasteiger partial charge < -0.3 is 10.6 Å². The third-order valence-electron chi connectivity index (χ3n) is 5.69. The number of halogens is 3. The second-order valence-corrected chi connectivity index (χ2v) is 9.12. The highest BCUT2D eigenvalue weighted by Crippen LogP contribution is 2.41. The van der Waals surface area contributed by atoms with E-state index in [4.69, 9.17) is 0 Å². The topological polar surface area (TPSA) is 84.2 Å². The van der Waals surface area contributed by atoms with E-state index in [2.05, 4.69) is 25.9 Å². The largest absolute Gasteiger partial charge is 0.416 e. The Balaban J connectivity index is 1.76. The highest BCUT2D eigenvalue weighted by Gasteiger charge is 2.35. The van der Waals surface area contributed by atoms with Crippen LogP contribution in [0.5, 0.6) is 0 Å². The molecule has 184 valence electrons. The highest BCUT2D eigenvalue weighted by molar-refractivity contribution is 6.17. The van der Waals surface area contributed by atoms with Gasteiger partial charge in [0.1, 0.15) is 0 Å². The van der Waals surface area contributed by atoms with Crippen LogP contribution in [0.4, 0.5) is 24.5 Å². The summed E-state index contributed by atoms with van der Waals surface area (Å²) in [7, 11) is 0. The van der Waals surface area contributed by atoms with Gasteiger partial charge in [0.2, 0.25) is 5.91 Å². The van der Waals surface area contributed by atoms with Crippen molar-refractivity contribution in [3.63, 3.8) is 0 Å². The van der Waals surface area contributed by atoms with Gasteiger partial charge in [-0.1, -0.05) is 45.0 Å². The van der Waals surface area contributed by atoms with Gasteiger partial charge in [-0.2, -0.15) is 13.2 Å². The van der Waals surface area contributed by atoms with E-state index in [9.17, 15) is 18.0 Å². The standard InChI is InChI=1S/C25H27F3N6O/c1-14(2)19-9-22-23(10-20(19)25(26,27)28)32-24(35)11-21(31-22)16-6-5-7-17(8-16)34-18(13-30-33-34)12-29-15(3)4/h5-10,13-15,29H,11-12H2,1-4H3,(H,32,35). The summed E-state index contributed by atoms with van der Waals surface area (Å²) in [6.07, 6.45) is -2.93. The highest BCUT2D eigenvalue weighted by atomic mass is 19.4. The molecule has 1 amide bonds. The smallest absolute Gasteiger partial charge is 0.324 e. The average Bonchev–Trinajstić information content (AvgIpc) is 3.19. The fourth-order valence-corrected chi connectivity index (χ4v) is 3.94. The number of carbonyl (C=O) groups excluding carboxylic acids is 1. The Labute approximate surface area is 201 Å². The number of anilines is 1. The number of nitrogens with one attached hydrogen (secondary N) is 2. The quantitative estimate of drug-likeness (QED) is 0.493. The Morgan fingerprint density at radius 1 is 1.14 bits per heavy atom. The third-order valence-corrected chi connectivity index (χ3v) is 5.69. The molecular weight excluding hydrogens is 457 g/mol. The maximum atomic E-state index is 13.7. The molecule has 0 fully saturated rings. The third kappa shape index (κ3) is 5.43. The summed E-state index contributed by atoms with van der Waals surface area (Å²) in [6, 6.07) is 10.0. The van der Waals surface area contributed by atoms with Crippen molar-refractivity contribution in [1.82, 2.24) is 20.3 Å². The molecular formula is C25H27F3N6O. The van der Waals surface area contributed by atoms with E-state index in [0.29, 0.717) is 23.5 Å². The lowest BCUT2D eigenvalue weighted by atomic mass is 9.95. The number of aliphatic imine (C=N–C) groups is 1. The number of benzene rings is 2. The van der Waals surface area contributed by atoms with Gasteiger partial charge in [0.15, 0.2) is 0 Å². The van der Waals surface area contributed by atoms with E-state index in [1.54, 1.807) is 24.7 Å². The Morgan fingerprint density at radius 2 is 1.91 bits per heavy atom. The van der Waals surface area contributed by atoms with Gasteiger partial charge in [-0.05, 0) is 41.3 Å². The van der Waals surface area contributed by atoms with Gasteiger partial charge in [0.05, 0.1) is 46.6 Å². The van der Waals surface area contributed by atoms with Gasteiger partial charge in [-0.25, -0.2) is 4.68 Å². The number of rotatable bonds is 6. The molecule has 2 N–H and O–H groups in total. The zero-order valence-electron chi connectivity index (χ0n) is 19.9. The Bertz CT molecular complexity index is 1280. The fourth-order valence-electron chi connectivity index (χ4n) is 3.94. The normalized spacial score (nSPS) is 14.1. The number of carbonyl (C=O) groups is 1. The molecule has 0 aliphatic carbocycles. The van der Waals surface area contributed by atoms with Crippen molar-refractivity contribution >= 4 is 23.0 Å². The first kappa shape index (κ1) is 24.6. The Kier molecular flexibility index (Phi) is 6.75. The molecule has 0 saturated heterocycles. The number of hydrogen-bond acceptors (Lipinski definition) is 5. The SMILES string of the molecule is CC(C)NCc1cnnn1-c1cccc(C2=Nc3cc(C(C)C)c(C(F)(F)F)cc3NC(=O)C2)c1.